The zero-order valence-electron chi connectivity index (χ0n) is 12.3. The molecule has 0 saturated heterocycles. The first kappa shape index (κ1) is 17.1. The number of halogens is 2. The van der Waals surface area contributed by atoms with Crippen molar-refractivity contribution in [2.24, 2.45) is 0 Å². The Morgan fingerprint density at radius 1 is 1.09 bits per heavy atom. The summed E-state index contributed by atoms with van der Waals surface area (Å²) in [5.74, 6) is 0. The molecule has 0 radical (unpaired) electrons. The molecule has 0 aliphatic rings. The van der Waals surface area contributed by atoms with Gasteiger partial charge >= 0.3 is 0 Å². The number of thiocarbonyl (C=S) groups is 1. The van der Waals surface area contributed by atoms with Crippen LogP contribution in [0, 0.1) is 0 Å². The molecule has 5 heteroatoms. The van der Waals surface area contributed by atoms with Crippen LogP contribution in [0.1, 0.15) is 18.9 Å². The van der Waals surface area contributed by atoms with Crippen LogP contribution in [0.5, 0.6) is 0 Å². The standard InChI is InChI=1S/C17H18Cl2N2S/c1-12(7-8-13-5-3-2-4-6-13)20-17(22)21-14-9-10-15(18)16(19)11-14/h2-6,9-12H,7-8H2,1H3,(H2,20,21,22)/t12-/m0/s1. The van der Waals surface area contributed by atoms with E-state index >= 15 is 0 Å². The minimum Gasteiger partial charge on any atom is -0.360 e. The summed E-state index contributed by atoms with van der Waals surface area (Å²) in [5.41, 5.74) is 2.15. The number of benzene rings is 2. The maximum absolute atomic E-state index is 5.98. The summed E-state index contributed by atoms with van der Waals surface area (Å²) in [5, 5.41) is 8.01. The summed E-state index contributed by atoms with van der Waals surface area (Å²) < 4.78 is 0. The molecule has 0 aliphatic heterocycles. The SMILES string of the molecule is C[C@@H](CCc1ccccc1)NC(=S)Nc1ccc(Cl)c(Cl)c1. The lowest BCUT2D eigenvalue weighted by Crippen LogP contribution is -2.36. The van der Waals surface area contributed by atoms with E-state index in [0.717, 1.165) is 18.5 Å². The normalized spacial score (nSPS) is 11.8. The van der Waals surface area contributed by atoms with Gasteiger partial charge in [0.2, 0.25) is 0 Å². The second kappa shape index (κ2) is 8.37. The van der Waals surface area contributed by atoms with Crippen LogP contribution >= 0.6 is 35.4 Å². The summed E-state index contributed by atoms with van der Waals surface area (Å²) in [7, 11) is 0. The molecule has 0 spiro atoms. The van der Waals surface area contributed by atoms with Crippen molar-refractivity contribution in [3.05, 3.63) is 64.1 Å². The van der Waals surface area contributed by atoms with Crippen LogP contribution in [0.25, 0.3) is 0 Å². The average molecular weight is 353 g/mol. The molecule has 2 rings (SSSR count). The molecule has 22 heavy (non-hydrogen) atoms. The Balaban J connectivity index is 1.79. The fourth-order valence-corrected chi connectivity index (χ4v) is 2.68. The smallest absolute Gasteiger partial charge is 0.170 e. The van der Waals surface area contributed by atoms with Crippen LogP contribution in [0.4, 0.5) is 5.69 Å². The Bertz CT molecular complexity index is 632. The van der Waals surface area contributed by atoms with Gasteiger partial charge in [-0.2, -0.15) is 0 Å². The zero-order chi connectivity index (χ0) is 15.9. The fourth-order valence-electron chi connectivity index (χ4n) is 2.06. The minimum atomic E-state index is 0.281. The van der Waals surface area contributed by atoms with Gasteiger partial charge in [0.05, 0.1) is 10.0 Å². The first-order valence-corrected chi connectivity index (χ1v) is 8.27. The van der Waals surface area contributed by atoms with E-state index in [4.69, 9.17) is 35.4 Å². The van der Waals surface area contributed by atoms with E-state index in [2.05, 4.69) is 41.8 Å². The van der Waals surface area contributed by atoms with Crippen molar-refractivity contribution in [1.29, 1.82) is 0 Å². The number of nitrogens with one attached hydrogen (secondary N) is 2. The van der Waals surface area contributed by atoms with Crippen LogP contribution in [0.15, 0.2) is 48.5 Å². The Kier molecular flexibility index (Phi) is 6.49. The first-order chi connectivity index (χ1) is 10.5. The van der Waals surface area contributed by atoms with Crippen molar-refractivity contribution in [2.75, 3.05) is 5.32 Å². The molecule has 2 N–H and O–H groups in total. The van der Waals surface area contributed by atoms with Crippen LogP contribution in [-0.2, 0) is 6.42 Å². The molecule has 2 aromatic carbocycles. The lowest BCUT2D eigenvalue weighted by atomic mass is 10.1. The average Bonchev–Trinajstić information content (AvgIpc) is 2.50. The van der Waals surface area contributed by atoms with Gasteiger partial charge in [-0.3, -0.25) is 0 Å². The van der Waals surface area contributed by atoms with Gasteiger partial charge in [-0.15, -0.1) is 0 Å². The monoisotopic (exact) mass is 352 g/mol. The second-order valence-corrected chi connectivity index (χ2v) is 6.38. The van der Waals surface area contributed by atoms with Crippen molar-refractivity contribution in [3.8, 4) is 0 Å². The molecule has 0 heterocycles. The van der Waals surface area contributed by atoms with E-state index in [1.165, 1.54) is 5.56 Å². The Morgan fingerprint density at radius 3 is 2.50 bits per heavy atom. The third kappa shape index (κ3) is 5.48. The first-order valence-electron chi connectivity index (χ1n) is 7.11. The van der Waals surface area contributed by atoms with Crippen molar-refractivity contribution >= 4 is 46.2 Å². The van der Waals surface area contributed by atoms with Crippen molar-refractivity contribution in [1.82, 2.24) is 5.32 Å². The highest BCUT2D eigenvalue weighted by Crippen LogP contribution is 2.24. The number of anilines is 1. The Labute approximate surface area is 146 Å². The van der Waals surface area contributed by atoms with E-state index < -0.39 is 0 Å². The van der Waals surface area contributed by atoms with Gasteiger partial charge in [0.1, 0.15) is 0 Å². The topological polar surface area (TPSA) is 24.1 Å². The van der Waals surface area contributed by atoms with Gasteiger partial charge in [-0.05, 0) is 55.7 Å². The highest BCUT2D eigenvalue weighted by atomic mass is 35.5. The predicted octanol–water partition coefficient (Wildman–Crippen LogP) is 5.30. The molecule has 0 saturated carbocycles. The number of hydrogen-bond donors (Lipinski definition) is 2. The quantitative estimate of drug-likeness (QED) is 0.713. The number of hydrogen-bond acceptors (Lipinski definition) is 1. The summed E-state index contributed by atoms with van der Waals surface area (Å²) >= 11 is 17.2. The lowest BCUT2D eigenvalue weighted by Gasteiger charge is -2.17. The van der Waals surface area contributed by atoms with E-state index in [1.807, 2.05) is 12.1 Å². The molecule has 0 fully saturated rings. The molecular formula is C17H18Cl2N2S. The zero-order valence-corrected chi connectivity index (χ0v) is 14.6. The van der Waals surface area contributed by atoms with Crippen LogP contribution in [0.3, 0.4) is 0 Å². The molecule has 116 valence electrons. The van der Waals surface area contributed by atoms with Gasteiger partial charge in [-0.1, -0.05) is 53.5 Å². The highest BCUT2D eigenvalue weighted by molar-refractivity contribution is 7.80. The van der Waals surface area contributed by atoms with Gasteiger partial charge in [0.25, 0.3) is 0 Å². The Hall–Kier alpha value is -1.29. The minimum absolute atomic E-state index is 0.281. The molecule has 0 aliphatic carbocycles. The highest BCUT2D eigenvalue weighted by Gasteiger charge is 2.06. The van der Waals surface area contributed by atoms with Crippen LogP contribution < -0.4 is 10.6 Å². The Morgan fingerprint density at radius 2 is 1.82 bits per heavy atom. The van der Waals surface area contributed by atoms with E-state index in [-0.39, 0.29) is 6.04 Å². The second-order valence-electron chi connectivity index (χ2n) is 5.15. The maximum Gasteiger partial charge on any atom is 0.170 e. The number of rotatable bonds is 5. The molecule has 1 atom stereocenters. The van der Waals surface area contributed by atoms with Crippen LogP contribution in [-0.4, -0.2) is 11.2 Å². The van der Waals surface area contributed by atoms with Gasteiger partial charge in [-0.25, -0.2) is 0 Å². The lowest BCUT2D eigenvalue weighted by molar-refractivity contribution is 0.609. The predicted molar refractivity (Wildman–Crippen MR) is 100 cm³/mol. The maximum atomic E-state index is 5.98. The van der Waals surface area contributed by atoms with Gasteiger partial charge in [0.15, 0.2) is 5.11 Å². The van der Waals surface area contributed by atoms with Gasteiger partial charge in [0, 0.05) is 11.7 Å². The molecule has 0 amide bonds. The summed E-state index contributed by atoms with van der Waals surface area (Å²) in [4.78, 5) is 0. The molecule has 0 aromatic heterocycles. The number of aryl methyl sites for hydroxylation is 1. The molecule has 0 unspecified atom stereocenters. The van der Waals surface area contributed by atoms with Crippen LogP contribution in [0.2, 0.25) is 10.0 Å². The van der Waals surface area contributed by atoms with E-state index in [1.54, 1.807) is 12.1 Å². The van der Waals surface area contributed by atoms with E-state index in [9.17, 15) is 0 Å². The largest absolute Gasteiger partial charge is 0.360 e. The third-order valence-corrected chi connectivity index (χ3v) is 4.22. The molecule has 2 aromatic rings. The third-order valence-electron chi connectivity index (χ3n) is 3.26. The van der Waals surface area contributed by atoms with Crippen molar-refractivity contribution in [3.63, 3.8) is 0 Å². The van der Waals surface area contributed by atoms with Crippen molar-refractivity contribution in [2.45, 2.75) is 25.8 Å². The van der Waals surface area contributed by atoms with E-state index in [0.29, 0.717) is 15.2 Å². The fraction of sp³-hybridized carbons (Fsp3) is 0.235. The van der Waals surface area contributed by atoms with Crippen molar-refractivity contribution < 1.29 is 0 Å². The molecule has 2 nitrogen and oxygen atoms in total. The van der Waals surface area contributed by atoms with Gasteiger partial charge < -0.3 is 10.6 Å². The summed E-state index contributed by atoms with van der Waals surface area (Å²) in [6, 6.07) is 16.0. The molecule has 0 bridgehead atoms. The molecular weight excluding hydrogens is 335 g/mol. The summed E-state index contributed by atoms with van der Waals surface area (Å²) in [6.45, 7) is 2.12. The summed E-state index contributed by atoms with van der Waals surface area (Å²) in [6.07, 6.45) is 2.03.